The average molecular weight is 537 g/mol. The lowest BCUT2D eigenvalue weighted by Crippen LogP contribution is -2.48. The molecular weight excluding hydrogens is 500 g/mol. The monoisotopic (exact) mass is 536 g/mol. The second-order valence-corrected chi connectivity index (χ2v) is 10.8. The molecule has 206 valence electrons. The lowest BCUT2D eigenvalue weighted by molar-refractivity contribution is 0.0627. The van der Waals surface area contributed by atoms with E-state index in [1.807, 2.05) is 29.2 Å². The van der Waals surface area contributed by atoms with Crippen molar-refractivity contribution in [2.24, 2.45) is 0 Å². The predicted molar refractivity (Wildman–Crippen MR) is 154 cm³/mol. The number of piperazine rings is 1. The number of benzene rings is 2. The molecule has 0 spiro atoms. The summed E-state index contributed by atoms with van der Waals surface area (Å²) in [5, 5.41) is 12.1. The van der Waals surface area contributed by atoms with Crippen LogP contribution in [-0.2, 0) is 13.1 Å². The van der Waals surface area contributed by atoms with Crippen molar-refractivity contribution in [2.75, 3.05) is 39.3 Å². The van der Waals surface area contributed by atoms with Crippen molar-refractivity contribution in [3.63, 3.8) is 0 Å². The van der Waals surface area contributed by atoms with E-state index in [1.54, 1.807) is 12.1 Å². The van der Waals surface area contributed by atoms with Gasteiger partial charge in [0.2, 0.25) is 0 Å². The van der Waals surface area contributed by atoms with Crippen LogP contribution >= 0.6 is 0 Å². The maximum Gasteiger partial charge on any atom is 0.270 e. The van der Waals surface area contributed by atoms with Gasteiger partial charge in [0, 0.05) is 64.6 Å². The van der Waals surface area contributed by atoms with Gasteiger partial charge in [0.1, 0.15) is 5.69 Å². The standard InChI is InChI=1S/C32H36N6O2/c1-24-2-4-26(5-3-24)23-37-16-18-38(19-17-37)32(40)28-10-11-30(34-21-28)31(39)35-29-12-14-36(15-13-29)22-27-8-6-25(20-33)7-9-27/h2-11,21,29H,12-19,22-23H2,1H3,(H,35,39). The van der Waals surface area contributed by atoms with Crippen LogP contribution in [0.25, 0.3) is 0 Å². The summed E-state index contributed by atoms with van der Waals surface area (Å²) in [5.74, 6) is -0.238. The van der Waals surface area contributed by atoms with Crippen LogP contribution in [0.3, 0.4) is 0 Å². The highest BCUT2D eigenvalue weighted by Crippen LogP contribution is 2.16. The molecule has 0 unspecified atom stereocenters. The van der Waals surface area contributed by atoms with E-state index in [2.05, 4.69) is 57.4 Å². The average Bonchev–Trinajstić information content (AvgIpc) is 3.00. The first-order valence-electron chi connectivity index (χ1n) is 14.0. The fraction of sp³-hybridized carbons (Fsp3) is 0.375. The molecule has 8 nitrogen and oxygen atoms in total. The molecule has 2 aromatic carbocycles. The fourth-order valence-corrected chi connectivity index (χ4v) is 5.34. The summed E-state index contributed by atoms with van der Waals surface area (Å²) >= 11 is 0. The van der Waals surface area contributed by atoms with Gasteiger partial charge in [0.05, 0.1) is 17.2 Å². The number of aryl methyl sites for hydroxylation is 1. The zero-order valence-corrected chi connectivity index (χ0v) is 23.1. The Balaban J connectivity index is 1.05. The van der Waals surface area contributed by atoms with Gasteiger partial charge in [-0.3, -0.25) is 24.4 Å². The number of hydrogen-bond donors (Lipinski definition) is 1. The number of pyridine rings is 1. The van der Waals surface area contributed by atoms with Gasteiger partial charge in [-0.1, -0.05) is 42.0 Å². The molecule has 8 heteroatoms. The SMILES string of the molecule is Cc1ccc(CN2CCN(C(=O)c3ccc(C(=O)NC4CCN(Cc5ccc(C#N)cc5)CC4)nc3)CC2)cc1. The highest BCUT2D eigenvalue weighted by atomic mass is 16.2. The smallest absolute Gasteiger partial charge is 0.270 e. The zero-order chi connectivity index (χ0) is 27.9. The van der Waals surface area contributed by atoms with Gasteiger partial charge in [-0.15, -0.1) is 0 Å². The minimum Gasteiger partial charge on any atom is -0.348 e. The van der Waals surface area contributed by atoms with Gasteiger partial charge < -0.3 is 10.2 Å². The predicted octanol–water partition coefficient (Wildman–Crippen LogP) is 3.61. The number of amides is 2. The summed E-state index contributed by atoms with van der Waals surface area (Å²) < 4.78 is 0. The first-order valence-corrected chi connectivity index (χ1v) is 14.0. The van der Waals surface area contributed by atoms with E-state index < -0.39 is 0 Å². The molecule has 2 fully saturated rings. The van der Waals surface area contributed by atoms with Gasteiger partial charge in [0.25, 0.3) is 11.8 Å². The van der Waals surface area contributed by atoms with E-state index in [1.165, 1.54) is 22.9 Å². The number of nitrogens with one attached hydrogen (secondary N) is 1. The first-order chi connectivity index (χ1) is 19.5. The van der Waals surface area contributed by atoms with Crippen LogP contribution in [0.2, 0.25) is 0 Å². The van der Waals surface area contributed by atoms with Crippen LogP contribution < -0.4 is 5.32 Å². The van der Waals surface area contributed by atoms with Crippen molar-refractivity contribution in [1.82, 2.24) is 25.0 Å². The normalized spacial score (nSPS) is 16.9. The van der Waals surface area contributed by atoms with Gasteiger partial charge in [-0.25, -0.2) is 0 Å². The second kappa shape index (κ2) is 12.9. The van der Waals surface area contributed by atoms with Crippen molar-refractivity contribution in [3.05, 3.63) is 100 Å². The molecule has 0 saturated carbocycles. The molecule has 0 bridgehead atoms. The molecule has 3 heterocycles. The Kier molecular flexibility index (Phi) is 8.84. The minimum absolute atomic E-state index is 0.0379. The number of nitriles is 1. The summed E-state index contributed by atoms with van der Waals surface area (Å²) in [7, 11) is 0. The topological polar surface area (TPSA) is 92.6 Å². The first kappa shape index (κ1) is 27.5. The third-order valence-corrected chi connectivity index (χ3v) is 7.84. The van der Waals surface area contributed by atoms with Crippen LogP contribution in [0, 0.1) is 18.3 Å². The number of hydrogen-bond acceptors (Lipinski definition) is 6. The maximum absolute atomic E-state index is 13.0. The van der Waals surface area contributed by atoms with Crippen molar-refractivity contribution < 1.29 is 9.59 Å². The van der Waals surface area contributed by atoms with Crippen molar-refractivity contribution in [1.29, 1.82) is 5.26 Å². The van der Waals surface area contributed by atoms with E-state index in [0.29, 0.717) is 29.9 Å². The molecule has 5 rings (SSSR count). The van der Waals surface area contributed by atoms with Crippen LogP contribution in [0.4, 0.5) is 0 Å². The molecule has 1 aromatic heterocycles. The van der Waals surface area contributed by atoms with Crippen molar-refractivity contribution in [2.45, 2.75) is 38.9 Å². The van der Waals surface area contributed by atoms with Gasteiger partial charge in [-0.2, -0.15) is 5.26 Å². The fourth-order valence-electron chi connectivity index (χ4n) is 5.34. The molecule has 3 aromatic rings. The molecule has 2 aliphatic rings. The van der Waals surface area contributed by atoms with Crippen molar-refractivity contribution in [3.8, 4) is 6.07 Å². The molecule has 2 aliphatic heterocycles. The Labute approximate surface area is 236 Å². The van der Waals surface area contributed by atoms with Crippen molar-refractivity contribution >= 4 is 11.8 Å². The lowest BCUT2D eigenvalue weighted by atomic mass is 10.0. The highest BCUT2D eigenvalue weighted by molar-refractivity contribution is 5.96. The summed E-state index contributed by atoms with van der Waals surface area (Å²) in [4.78, 5) is 36.8. The van der Waals surface area contributed by atoms with Crippen LogP contribution in [0.1, 0.15) is 55.9 Å². The molecule has 40 heavy (non-hydrogen) atoms. The van der Waals surface area contributed by atoms with Crippen LogP contribution in [-0.4, -0.2) is 76.8 Å². The number of carbonyl (C=O) groups excluding carboxylic acids is 2. The van der Waals surface area contributed by atoms with Gasteiger partial charge >= 0.3 is 0 Å². The summed E-state index contributed by atoms with van der Waals surface area (Å²) in [6.45, 7) is 8.63. The number of rotatable bonds is 7. The van der Waals surface area contributed by atoms with Gasteiger partial charge in [0.15, 0.2) is 0 Å². The third-order valence-electron chi connectivity index (χ3n) is 7.84. The van der Waals surface area contributed by atoms with E-state index in [-0.39, 0.29) is 17.9 Å². The highest BCUT2D eigenvalue weighted by Gasteiger charge is 2.24. The molecule has 0 aliphatic carbocycles. The summed E-state index contributed by atoms with van der Waals surface area (Å²) in [6.07, 6.45) is 3.26. The van der Waals surface area contributed by atoms with Crippen LogP contribution in [0.5, 0.6) is 0 Å². The van der Waals surface area contributed by atoms with E-state index >= 15 is 0 Å². The Morgan fingerprint density at radius 3 is 2.02 bits per heavy atom. The number of nitrogens with zero attached hydrogens (tertiary/aromatic N) is 5. The number of aromatic nitrogens is 1. The number of carbonyl (C=O) groups is 2. The second-order valence-electron chi connectivity index (χ2n) is 10.8. The summed E-state index contributed by atoms with van der Waals surface area (Å²) in [5.41, 5.74) is 5.25. The minimum atomic E-state index is -0.200. The molecule has 2 amide bonds. The van der Waals surface area contributed by atoms with E-state index in [9.17, 15) is 9.59 Å². The Hall–Kier alpha value is -4.06. The quantitative estimate of drug-likeness (QED) is 0.496. The molecule has 1 N–H and O–H groups in total. The molecule has 2 saturated heterocycles. The van der Waals surface area contributed by atoms with E-state index in [4.69, 9.17) is 5.26 Å². The Bertz CT molecular complexity index is 1330. The third kappa shape index (κ3) is 7.12. The van der Waals surface area contributed by atoms with E-state index in [0.717, 1.165) is 52.1 Å². The largest absolute Gasteiger partial charge is 0.348 e. The number of piperidine rings is 1. The molecule has 0 radical (unpaired) electrons. The Morgan fingerprint density at radius 2 is 1.45 bits per heavy atom. The summed E-state index contributed by atoms with van der Waals surface area (Å²) in [6, 6.07) is 21.9. The number of likely N-dealkylation sites (tertiary alicyclic amines) is 1. The molecular formula is C32H36N6O2. The van der Waals surface area contributed by atoms with Crippen LogP contribution in [0.15, 0.2) is 66.9 Å². The van der Waals surface area contributed by atoms with Gasteiger partial charge in [-0.05, 0) is 55.2 Å². The zero-order valence-electron chi connectivity index (χ0n) is 23.1. The molecule has 0 atom stereocenters. The lowest BCUT2D eigenvalue weighted by Gasteiger charge is -2.34. The Morgan fingerprint density at radius 1 is 0.850 bits per heavy atom. The maximum atomic E-state index is 13.0.